The van der Waals surface area contributed by atoms with Crippen LogP contribution in [-0.4, -0.2) is 40.0 Å². The summed E-state index contributed by atoms with van der Waals surface area (Å²) in [5, 5.41) is 3.31. The van der Waals surface area contributed by atoms with Crippen LogP contribution >= 0.6 is 12.4 Å². The third kappa shape index (κ3) is 2.79. The largest absolute Gasteiger partial charge is 0.336 e. The van der Waals surface area contributed by atoms with Crippen molar-refractivity contribution in [3.8, 4) is 0 Å². The van der Waals surface area contributed by atoms with E-state index in [4.69, 9.17) is 0 Å². The number of amides is 1. The van der Waals surface area contributed by atoms with Gasteiger partial charge in [-0.05, 0) is 0 Å². The molecule has 1 saturated heterocycles. The highest BCUT2D eigenvalue weighted by molar-refractivity contribution is 5.85. The number of carbonyl (C=O) groups excluding carboxylic acids is 1. The van der Waals surface area contributed by atoms with Gasteiger partial charge in [-0.25, -0.2) is 4.98 Å². The molecule has 1 unspecified atom stereocenters. The molecule has 0 radical (unpaired) electrons. The zero-order valence-electron chi connectivity index (χ0n) is 10.2. The molecule has 1 aromatic rings. The minimum Gasteiger partial charge on any atom is -0.336 e. The maximum atomic E-state index is 11.8. The number of carbonyl (C=O) groups is 1. The molecule has 1 aliphatic heterocycles. The summed E-state index contributed by atoms with van der Waals surface area (Å²) in [5.74, 6) is 1.16. The molecule has 1 aliphatic rings. The Morgan fingerprint density at radius 3 is 3.00 bits per heavy atom. The molecule has 1 N–H and O–H groups in total. The highest BCUT2D eigenvalue weighted by Gasteiger charge is 2.29. The van der Waals surface area contributed by atoms with Gasteiger partial charge in [-0.3, -0.25) is 4.79 Å². The van der Waals surface area contributed by atoms with E-state index in [2.05, 4.69) is 10.3 Å². The van der Waals surface area contributed by atoms with Crippen LogP contribution < -0.4 is 5.32 Å². The first kappa shape index (κ1) is 14.0. The first-order chi connectivity index (χ1) is 7.74. The average molecular weight is 259 g/mol. The van der Waals surface area contributed by atoms with Crippen molar-refractivity contribution in [1.29, 1.82) is 0 Å². The summed E-state index contributed by atoms with van der Waals surface area (Å²) < 4.78 is 1.98. The molecular formula is C11H19ClN4O. The van der Waals surface area contributed by atoms with E-state index >= 15 is 0 Å². The maximum Gasteiger partial charge on any atom is 0.222 e. The van der Waals surface area contributed by atoms with Crippen molar-refractivity contribution < 1.29 is 4.79 Å². The van der Waals surface area contributed by atoms with Gasteiger partial charge in [-0.1, -0.05) is 6.92 Å². The number of piperazine rings is 1. The van der Waals surface area contributed by atoms with Gasteiger partial charge >= 0.3 is 0 Å². The third-order valence-corrected chi connectivity index (χ3v) is 3.02. The summed E-state index contributed by atoms with van der Waals surface area (Å²) >= 11 is 0. The molecule has 0 saturated carbocycles. The molecule has 0 spiro atoms. The van der Waals surface area contributed by atoms with Crippen LogP contribution in [0.3, 0.4) is 0 Å². The molecule has 2 rings (SSSR count). The molecular weight excluding hydrogens is 240 g/mol. The minimum atomic E-state index is 0. The lowest BCUT2D eigenvalue weighted by molar-refractivity contribution is -0.134. The first-order valence-corrected chi connectivity index (χ1v) is 5.71. The first-order valence-electron chi connectivity index (χ1n) is 5.71. The average Bonchev–Trinajstić information content (AvgIpc) is 2.74. The van der Waals surface area contributed by atoms with Crippen LogP contribution in [0.15, 0.2) is 12.4 Å². The summed E-state index contributed by atoms with van der Waals surface area (Å²) in [6.45, 7) is 4.33. The van der Waals surface area contributed by atoms with Gasteiger partial charge in [0, 0.05) is 45.5 Å². The fraction of sp³-hybridized carbons (Fsp3) is 0.636. The quantitative estimate of drug-likeness (QED) is 0.851. The highest BCUT2D eigenvalue weighted by atomic mass is 35.5. The van der Waals surface area contributed by atoms with Crippen molar-refractivity contribution in [2.75, 3.05) is 19.6 Å². The molecule has 0 aromatic carbocycles. The van der Waals surface area contributed by atoms with Crippen LogP contribution in [0.1, 0.15) is 25.2 Å². The van der Waals surface area contributed by atoms with E-state index < -0.39 is 0 Å². The van der Waals surface area contributed by atoms with Crippen LogP contribution in [0.2, 0.25) is 0 Å². The molecule has 96 valence electrons. The molecule has 1 fully saturated rings. The molecule has 1 atom stereocenters. The second-order valence-corrected chi connectivity index (χ2v) is 4.06. The predicted molar refractivity (Wildman–Crippen MR) is 68.1 cm³/mol. The molecule has 0 bridgehead atoms. The Morgan fingerprint density at radius 1 is 1.65 bits per heavy atom. The normalized spacial score (nSPS) is 19.9. The van der Waals surface area contributed by atoms with Gasteiger partial charge < -0.3 is 14.8 Å². The SMILES string of the molecule is CCC(=O)N1CCNCC1c1nccn1C.Cl. The van der Waals surface area contributed by atoms with Gasteiger partial charge in [0.25, 0.3) is 0 Å². The molecule has 1 aromatic heterocycles. The van der Waals surface area contributed by atoms with E-state index in [0.29, 0.717) is 6.42 Å². The van der Waals surface area contributed by atoms with E-state index in [1.165, 1.54) is 0 Å². The zero-order valence-corrected chi connectivity index (χ0v) is 11.0. The van der Waals surface area contributed by atoms with Crippen LogP contribution in [0.5, 0.6) is 0 Å². The molecule has 5 nitrogen and oxygen atoms in total. The van der Waals surface area contributed by atoms with E-state index in [-0.39, 0.29) is 24.4 Å². The number of imidazole rings is 1. The number of hydrogen-bond donors (Lipinski definition) is 1. The Morgan fingerprint density at radius 2 is 2.41 bits per heavy atom. The van der Waals surface area contributed by atoms with Crippen molar-refractivity contribution in [3.05, 3.63) is 18.2 Å². The van der Waals surface area contributed by atoms with Crippen molar-refractivity contribution in [3.63, 3.8) is 0 Å². The molecule has 0 aliphatic carbocycles. The van der Waals surface area contributed by atoms with Crippen LogP contribution in [0.4, 0.5) is 0 Å². The number of rotatable bonds is 2. The number of hydrogen-bond acceptors (Lipinski definition) is 3. The van der Waals surface area contributed by atoms with Gasteiger partial charge in [-0.2, -0.15) is 0 Å². The van der Waals surface area contributed by atoms with Gasteiger partial charge in [0.1, 0.15) is 11.9 Å². The summed E-state index contributed by atoms with van der Waals surface area (Å²) in [4.78, 5) is 18.1. The summed E-state index contributed by atoms with van der Waals surface area (Å²) in [7, 11) is 1.96. The fourth-order valence-corrected chi connectivity index (χ4v) is 2.13. The Hall–Kier alpha value is -1.07. The second kappa shape index (κ2) is 6.02. The number of halogens is 1. The molecule has 17 heavy (non-hydrogen) atoms. The van der Waals surface area contributed by atoms with Crippen LogP contribution in [-0.2, 0) is 11.8 Å². The van der Waals surface area contributed by atoms with Crippen LogP contribution in [0, 0.1) is 0 Å². The molecule has 1 amide bonds. The zero-order chi connectivity index (χ0) is 11.5. The van der Waals surface area contributed by atoms with E-state index in [1.54, 1.807) is 6.20 Å². The molecule has 6 heteroatoms. The van der Waals surface area contributed by atoms with E-state index in [0.717, 1.165) is 25.5 Å². The number of aryl methyl sites for hydroxylation is 1. The topological polar surface area (TPSA) is 50.2 Å². The lowest BCUT2D eigenvalue weighted by Crippen LogP contribution is -2.49. The van der Waals surface area contributed by atoms with E-state index in [1.807, 2.05) is 29.6 Å². The summed E-state index contributed by atoms with van der Waals surface area (Å²) in [6, 6.07) is 0.0706. The van der Waals surface area contributed by atoms with E-state index in [9.17, 15) is 4.79 Å². The summed E-state index contributed by atoms with van der Waals surface area (Å²) in [5.41, 5.74) is 0. The third-order valence-electron chi connectivity index (χ3n) is 3.02. The fourth-order valence-electron chi connectivity index (χ4n) is 2.13. The Balaban J connectivity index is 0.00000144. The highest BCUT2D eigenvalue weighted by Crippen LogP contribution is 2.20. The van der Waals surface area contributed by atoms with Crippen molar-refractivity contribution in [2.45, 2.75) is 19.4 Å². The number of nitrogens with zero attached hydrogens (tertiary/aromatic N) is 3. The summed E-state index contributed by atoms with van der Waals surface area (Å²) in [6.07, 6.45) is 4.25. The van der Waals surface area contributed by atoms with Crippen molar-refractivity contribution in [1.82, 2.24) is 19.8 Å². The lowest BCUT2D eigenvalue weighted by atomic mass is 10.1. The standard InChI is InChI=1S/C11H18N4O.ClH/c1-3-10(16)15-7-4-12-8-9(15)11-13-5-6-14(11)2;/h5-6,9,12H,3-4,7-8H2,1-2H3;1H. The van der Waals surface area contributed by atoms with Gasteiger partial charge in [0.05, 0.1) is 0 Å². The number of nitrogens with one attached hydrogen (secondary N) is 1. The number of aromatic nitrogens is 2. The maximum absolute atomic E-state index is 11.8. The Kier molecular flexibility index (Phi) is 4.96. The van der Waals surface area contributed by atoms with Crippen molar-refractivity contribution >= 4 is 18.3 Å². The van der Waals surface area contributed by atoms with Gasteiger partial charge in [0.15, 0.2) is 0 Å². The Bertz CT molecular complexity index is 379. The Labute approximate surface area is 108 Å². The van der Waals surface area contributed by atoms with Gasteiger partial charge in [0.2, 0.25) is 5.91 Å². The smallest absolute Gasteiger partial charge is 0.222 e. The van der Waals surface area contributed by atoms with Crippen molar-refractivity contribution in [2.24, 2.45) is 7.05 Å². The predicted octanol–water partition coefficient (Wildman–Crippen LogP) is 0.725. The van der Waals surface area contributed by atoms with Gasteiger partial charge in [-0.15, -0.1) is 12.4 Å². The monoisotopic (exact) mass is 258 g/mol. The minimum absolute atomic E-state index is 0. The molecule has 2 heterocycles. The second-order valence-electron chi connectivity index (χ2n) is 4.06. The van der Waals surface area contributed by atoms with Crippen LogP contribution in [0.25, 0.3) is 0 Å². The lowest BCUT2D eigenvalue weighted by Gasteiger charge is -2.35.